The summed E-state index contributed by atoms with van der Waals surface area (Å²) in [6, 6.07) is 7.39. The fourth-order valence-corrected chi connectivity index (χ4v) is 3.70. The molecule has 1 aromatic carbocycles. The van der Waals surface area contributed by atoms with Crippen LogP contribution in [0.4, 0.5) is 0 Å². The summed E-state index contributed by atoms with van der Waals surface area (Å²) in [5.74, 6) is 0.878. The average molecular weight is 386 g/mol. The minimum absolute atomic E-state index is 0.00695. The van der Waals surface area contributed by atoms with E-state index in [1.54, 1.807) is 6.07 Å². The van der Waals surface area contributed by atoms with Crippen molar-refractivity contribution in [3.8, 4) is 0 Å². The predicted molar refractivity (Wildman–Crippen MR) is 109 cm³/mol. The van der Waals surface area contributed by atoms with Crippen LogP contribution in [0.1, 0.15) is 45.0 Å². The molecule has 0 radical (unpaired) electrons. The third kappa shape index (κ3) is 4.97. The van der Waals surface area contributed by atoms with Gasteiger partial charge in [0.1, 0.15) is 5.82 Å². The summed E-state index contributed by atoms with van der Waals surface area (Å²) in [7, 11) is 0. The number of amides is 1. The predicted octanol–water partition coefficient (Wildman–Crippen LogP) is 2.24. The van der Waals surface area contributed by atoms with E-state index in [0.717, 1.165) is 37.9 Å². The van der Waals surface area contributed by atoms with E-state index in [1.165, 1.54) is 0 Å². The number of fused-ring (bicyclic) bond motifs is 1. The molecule has 0 bridgehead atoms. The Hall–Kier alpha value is -2.25. The van der Waals surface area contributed by atoms with Gasteiger partial charge >= 0.3 is 0 Å². The molecule has 1 aliphatic rings. The molecule has 0 aliphatic carbocycles. The van der Waals surface area contributed by atoms with Crippen LogP contribution in [-0.4, -0.2) is 53.6 Å². The van der Waals surface area contributed by atoms with Crippen molar-refractivity contribution in [2.45, 2.75) is 39.2 Å². The van der Waals surface area contributed by atoms with Crippen molar-refractivity contribution >= 4 is 16.8 Å². The summed E-state index contributed by atoms with van der Waals surface area (Å²) in [5.41, 5.74) is 0.614. The van der Waals surface area contributed by atoms with Gasteiger partial charge in [0.2, 0.25) is 5.91 Å². The fourth-order valence-electron chi connectivity index (χ4n) is 3.70. The van der Waals surface area contributed by atoms with Crippen LogP contribution >= 0.6 is 0 Å². The minimum Gasteiger partial charge on any atom is -0.382 e. The van der Waals surface area contributed by atoms with E-state index in [1.807, 2.05) is 25.1 Å². The van der Waals surface area contributed by atoms with Gasteiger partial charge in [0, 0.05) is 25.7 Å². The van der Waals surface area contributed by atoms with Gasteiger partial charge in [0.15, 0.2) is 0 Å². The first-order valence-electron chi connectivity index (χ1n) is 10.2. The maximum absolute atomic E-state index is 12.3. The lowest BCUT2D eigenvalue weighted by Gasteiger charge is -2.35. The molecule has 1 saturated heterocycles. The first-order valence-corrected chi connectivity index (χ1v) is 10.2. The lowest BCUT2D eigenvalue weighted by atomic mass is 9.95. The van der Waals surface area contributed by atoms with Gasteiger partial charge in [-0.1, -0.05) is 12.1 Å². The zero-order valence-electron chi connectivity index (χ0n) is 16.7. The molecule has 152 valence electrons. The molecule has 0 spiro atoms. The molecule has 3 rings (SSSR count). The number of nitrogens with one attached hydrogen (secondary N) is 2. The Labute approximate surface area is 165 Å². The van der Waals surface area contributed by atoms with Crippen LogP contribution in [0.25, 0.3) is 10.9 Å². The number of aromatic nitrogens is 2. The van der Waals surface area contributed by atoms with Crippen LogP contribution in [0.3, 0.4) is 0 Å². The number of aromatic amines is 1. The van der Waals surface area contributed by atoms with E-state index in [9.17, 15) is 9.59 Å². The maximum atomic E-state index is 12.3. The lowest BCUT2D eigenvalue weighted by molar-refractivity contribution is -0.126. The summed E-state index contributed by atoms with van der Waals surface area (Å²) in [4.78, 5) is 34.5. The summed E-state index contributed by atoms with van der Waals surface area (Å²) >= 11 is 0. The van der Waals surface area contributed by atoms with Crippen LogP contribution in [0.15, 0.2) is 29.1 Å². The Morgan fingerprint density at radius 3 is 2.86 bits per heavy atom. The zero-order chi connectivity index (χ0) is 19.9. The molecule has 1 atom stereocenters. The Bertz CT molecular complexity index is 843. The SMILES string of the molecule is CCOCCCNC(=O)C1CCN(C(C)c2nc3ccccc3c(=O)[nH]2)CC1. The van der Waals surface area contributed by atoms with Gasteiger partial charge in [0.25, 0.3) is 5.56 Å². The number of hydrogen-bond acceptors (Lipinski definition) is 5. The number of benzene rings is 1. The standard InChI is InChI=1S/C21H30N4O3/c1-3-28-14-6-11-22-20(26)16-9-12-25(13-10-16)15(2)19-23-18-8-5-4-7-17(18)21(27)24-19/h4-5,7-8,15-16H,3,6,9-14H2,1-2H3,(H,22,26)(H,23,24,27). The zero-order valence-corrected chi connectivity index (χ0v) is 16.7. The maximum Gasteiger partial charge on any atom is 0.258 e. The van der Waals surface area contributed by atoms with Gasteiger partial charge in [-0.15, -0.1) is 0 Å². The van der Waals surface area contributed by atoms with E-state index >= 15 is 0 Å². The van der Waals surface area contributed by atoms with E-state index in [-0.39, 0.29) is 23.4 Å². The second-order valence-corrected chi connectivity index (χ2v) is 7.30. The normalized spacial score (nSPS) is 16.9. The highest BCUT2D eigenvalue weighted by atomic mass is 16.5. The van der Waals surface area contributed by atoms with Crippen molar-refractivity contribution < 1.29 is 9.53 Å². The van der Waals surface area contributed by atoms with Crippen LogP contribution < -0.4 is 10.9 Å². The molecular formula is C21H30N4O3. The van der Waals surface area contributed by atoms with Crippen molar-refractivity contribution in [3.05, 3.63) is 40.4 Å². The first kappa shape index (κ1) is 20.5. The molecule has 2 N–H and O–H groups in total. The van der Waals surface area contributed by atoms with Crippen LogP contribution in [0, 0.1) is 5.92 Å². The Morgan fingerprint density at radius 2 is 2.11 bits per heavy atom. The third-order valence-corrected chi connectivity index (χ3v) is 5.44. The van der Waals surface area contributed by atoms with Crippen molar-refractivity contribution in [2.75, 3.05) is 32.8 Å². The molecule has 1 aromatic heterocycles. The summed E-state index contributed by atoms with van der Waals surface area (Å²) in [6.07, 6.45) is 2.48. The highest BCUT2D eigenvalue weighted by molar-refractivity contribution is 5.78. The molecule has 0 saturated carbocycles. The van der Waals surface area contributed by atoms with Crippen molar-refractivity contribution in [2.24, 2.45) is 5.92 Å². The molecule has 7 nitrogen and oxygen atoms in total. The number of piperidine rings is 1. The molecule has 2 aromatic rings. The van der Waals surface area contributed by atoms with Crippen LogP contribution in [0.5, 0.6) is 0 Å². The van der Waals surface area contributed by atoms with Gasteiger partial charge in [-0.2, -0.15) is 0 Å². The van der Waals surface area contributed by atoms with Gasteiger partial charge in [-0.25, -0.2) is 4.98 Å². The van der Waals surface area contributed by atoms with Gasteiger partial charge in [-0.3, -0.25) is 14.5 Å². The van der Waals surface area contributed by atoms with E-state index in [4.69, 9.17) is 4.74 Å². The molecular weight excluding hydrogens is 356 g/mol. The van der Waals surface area contributed by atoms with Crippen molar-refractivity contribution in [3.63, 3.8) is 0 Å². The number of ether oxygens (including phenoxy) is 1. The largest absolute Gasteiger partial charge is 0.382 e. The van der Waals surface area contributed by atoms with Crippen molar-refractivity contribution in [1.82, 2.24) is 20.2 Å². The number of nitrogens with zero attached hydrogens (tertiary/aromatic N) is 2. The number of para-hydroxylation sites is 1. The summed E-state index contributed by atoms with van der Waals surface area (Å²) in [6.45, 7) is 7.71. The molecule has 1 amide bonds. The number of carbonyl (C=O) groups is 1. The molecule has 28 heavy (non-hydrogen) atoms. The molecule has 1 fully saturated rings. The van der Waals surface area contributed by atoms with Gasteiger partial charge in [-0.05, 0) is 58.3 Å². The lowest BCUT2D eigenvalue weighted by Crippen LogP contribution is -2.42. The number of carbonyl (C=O) groups excluding carboxylic acids is 1. The Balaban J connectivity index is 1.53. The Morgan fingerprint density at radius 1 is 1.36 bits per heavy atom. The fraction of sp³-hybridized carbons (Fsp3) is 0.571. The summed E-state index contributed by atoms with van der Waals surface area (Å²) in [5, 5.41) is 3.63. The van der Waals surface area contributed by atoms with Gasteiger partial charge in [0.05, 0.1) is 16.9 Å². The molecule has 2 heterocycles. The second kappa shape index (κ2) is 9.80. The minimum atomic E-state index is -0.103. The van der Waals surface area contributed by atoms with Crippen LogP contribution in [-0.2, 0) is 9.53 Å². The highest BCUT2D eigenvalue weighted by Gasteiger charge is 2.28. The Kier molecular flexibility index (Phi) is 7.17. The van der Waals surface area contributed by atoms with E-state index in [0.29, 0.717) is 31.0 Å². The highest BCUT2D eigenvalue weighted by Crippen LogP contribution is 2.25. The van der Waals surface area contributed by atoms with Crippen LogP contribution in [0.2, 0.25) is 0 Å². The number of H-pyrrole nitrogens is 1. The number of rotatable bonds is 8. The third-order valence-electron chi connectivity index (χ3n) is 5.44. The van der Waals surface area contributed by atoms with E-state index < -0.39 is 0 Å². The van der Waals surface area contributed by atoms with Gasteiger partial charge < -0.3 is 15.0 Å². The summed E-state index contributed by atoms with van der Waals surface area (Å²) < 4.78 is 5.29. The quantitative estimate of drug-likeness (QED) is 0.680. The van der Waals surface area contributed by atoms with Crippen molar-refractivity contribution in [1.29, 1.82) is 0 Å². The first-order chi connectivity index (χ1) is 13.6. The molecule has 1 aliphatic heterocycles. The monoisotopic (exact) mass is 386 g/mol. The molecule has 1 unspecified atom stereocenters. The van der Waals surface area contributed by atoms with E-state index in [2.05, 4.69) is 27.1 Å². The second-order valence-electron chi connectivity index (χ2n) is 7.30. The number of hydrogen-bond donors (Lipinski definition) is 2. The smallest absolute Gasteiger partial charge is 0.258 e. The average Bonchev–Trinajstić information content (AvgIpc) is 2.73. The topological polar surface area (TPSA) is 87.3 Å². The number of likely N-dealkylation sites (tertiary alicyclic amines) is 1. The molecule has 7 heteroatoms.